The maximum atomic E-state index is 13.1. The number of benzene rings is 2. The van der Waals surface area contributed by atoms with Crippen molar-refractivity contribution in [1.29, 1.82) is 0 Å². The van der Waals surface area contributed by atoms with Gasteiger partial charge in [-0.1, -0.05) is 59.6 Å². The molecule has 0 bridgehead atoms. The molecule has 0 radical (unpaired) electrons. The standard InChI is InChI=1S/C23H28BrClN2O3/c1-4-12-26-23(29)21(5-2)27(14-17-8-6-7-9-20(17)25)22(28)15-30-18-10-11-19(24)16(3)13-18/h6-11,13,21H,4-5,12,14-15H2,1-3H3,(H,26,29). The van der Waals surface area contributed by atoms with Crippen molar-refractivity contribution in [2.24, 2.45) is 0 Å². The van der Waals surface area contributed by atoms with E-state index < -0.39 is 6.04 Å². The van der Waals surface area contributed by atoms with Crippen molar-refractivity contribution in [3.8, 4) is 5.75 Å². The van der Waals surface area contributed by atoms with Gasteiger partial charge in [-0.25, -0.2) is 0 Å². The molecule has 1 unspecified atom stereocenters. The van der Waals surface area contributed by atoms with E-state index >= 15 is 0 Å². The number of nitrogens with one attached hydrogen (secondary N) is 1. The number of ether oxygens (including phenoxy) is 1. The van der Waals surface area contributed by atoms with Gasteiger partial charge >= 0.3 is 0 Å². The summed E-state index contributed by atoms with van der Waals surface area (Å²) < 4.78 is 6.70. The molecule has 0 aliphatic heterocycles. The summed E-state index contributed by atoms with van der Waals surface area (Å²) in [6.45, 7) is 6.47. The van der Waals surface area contributed by atoms with Crippen LogP contribution in [0, 0.1) is 6.92 Å². The lowest BCUT2D eigenvalue weighted by Gasteiger charge is -2.30. The van der Waals surface area contributed by atoms with Gasteiger partial charge in [0.05, 0.1) is 0 Å². The molecule has 0 spiro atoms. The zero-order valence-electron chi connectivity index (χ0n) is 17.6. The number of rotatable bonds is 10. The largest absolute Gasteiger partial charge is 0.484 e. The van der Waals surface area contributed by atoms with Crippen molar-refractivity contribution in [1.82, 2.24) is 10.2 Å². The Bertz CT molecular complexity index is 875. The molecule has 2 rings (SSSR count). The zero-order valence-corrected chi connectivity index (χ0v) is 19.9. The van der Waals surface area contributed by atoms with Gasteiger partial charge in [-0.2, -0.15) is 0 Å². The quantitative estimate of drug-likeness (QED) is 0.497. The summed E-state index contributed by atoms with van der Waals surface area (Å²) in [6.07, 6.45) is 1.32. The number of hydrogen-bond donors (Lipinski definition) is 1. The lowest BCUT2D eigenvalue weighted by atomic mass is 10.1. The van der Waals surface area contributed by atoms with Gasteiger partial charge in [-0.15, -0.1) is 0 Å². The third kappa shape index (κ3) is 6.74. The Morgan fingerprint density at radius 1 is 1.20 bits per heavy atom. The minimum Gasteiger partial charge on any atom is -0.484 e. The molecule has 0 saturated carbocycles. The molecule has 162 valence electrons. The summed E-state index contributed by atoms with van der Waals surface area (Å²) >= 11 is 9.77. The normalized spacial score (nSPS) is 11.6. The molecule has 0 fully saturated rings. The third-order valence-electron chi connectivity index (χ3n) is 4.73. The predicted molar refractivity (Wildman–Crippen MR) is 124 cm³/mol. The molecule has 1 atom stereocenters. The van der Waals surface area contributed by atoms with E-state index in [0.29, 0.717) is 23.7 Å². The molecule has 1 N–H and O–H groups in total. The van der Waals surface area contributed by atoms with E-state index in [2.05, 4.69) is 21.2 Å². The van der Waals surface area contributed by atoms with Crippen molar-refractivity contribution in [2.75, 3.05) is 13.2 Å². The molecule has 2 aromatic carbocycles. The molecule has 2 amide bonds. The number of hydrogen-bond acceptors (Lipinski definition) is 3. The van der Waals surface area contributed by atoms with Crippen molar-refractivity contribution < 1.29 is 14.3 Å². The number of carbonyl (C=O) groups is 2. The Morgan fingerprint density at radius 3 is 2.57 bits per heavy atom. The van der Waals surface area contributed by atoms with Crippen LogP contribution >= 0.6 is 27.5 Å². The summed E-state index contributed by atoms with van der Waals surface area (Å²) in [5, 5.41) is 3.45. The lowest BCUT2D eigenvalue weighted by molar-refractivity contribution is -0.143. The monoisotopic (exact) mass is 494 g/mol. The lowest BCUT2D eigenvalue weighted by Crippen LogP contribution is -2.50. The molecule has 2 aromatic rings. The van der Waals surface area contributed by atoms with Gasteiger partial charge in [0.15, 0.2) is 6.61 Å². The van der Waals surface area contributed by atoms with Gasteiger partial charge in [0.2, 0.25) is 5.91 Å². The second kappa shape index (κ2) is 12.0. The fraction of sp³-hybridized carbons (Fsp3) is 0.391. The van der Waals surface area contributed by atoms with E-state index in [0.717, 1.165) is 22.0 Å². The van der Waals surface area contributed by atoms with E-state index in [1.165, 1.54) is 0 Å². The summed E-state index contributed by atoms with van der Waals surface area (Å²) in [6, 6.07) is 12.3. The number of aryl methyl sites for hydroxylation is 1. The van der Waals surface area contributed by atoms with Crippen molar-refractivity contribution in [2.45, 2.75) is 46.2 Å². The van der Waals surface area contributed by atoms with Crippen LogP contribution in [0.3, 0.4) is 0 Å². The van der Waals surface area contributed by atoms with Crippen LogP contribution < -0.4 is 10.1 Å². The summed E-state index contributed by atoms with van der Waals surface area (Å²) in [5.74, 6) is 0.165. The van der Waals surface area contributed by atoms with Gasteiger partial charge in [0, 0.05) is 22.6 Å². The minimum atomic E-state index is -0.601. The minimum absolute atomic E-state index is 0.164. The fourth-order valence-corrected chi connectivity index (χ4v) is 3.47. The molecule has 5 nitrogen and oxygen atoms in total. The van der Waals surface area contributed by atoms with Crippen molar-refractivity contribution >= 4 is 39.3 Å². The van der Waals surface area contributed by atoms with Crippen LogP contribution in [0.15, 0.2) is 46.9 Å². The SMILES string of the molecule is CCCNC(=O)C(CC)N(Cc1ccccc1Cl)C(=O)COc1ccc(Br)c(C)c1. The van der Waals surface area contributed by atoms with E-state index in [9.17, 15) is 9.59 Å². The molecular weight excluding hydrogens is 468 g/mol. The maximum absolute atomic E-state index is 13.1. The van der Waals surface area contributed by atoms with Crippen LogP contribution in [0.5, 0.6) is 5.75 Å². The Morgan fingerprint density at radius 2 is 1.93 bits per heavy atom. The van der Waals surface area contributed by atoms with Crippen LogP contribution in [0.1, 0.15) is 37.8 Å². The van der Waals surface area contributed by atoms with Crippen LogP contribution in [-0.4, -0.2) is 35.9 Å². The van der Waals surface area contributed by atoms with Crippen LogP contribution in [0.2, 0.25) is 5.02 Å². The molecular formula is C23H28BrClN2O3. The second-order valence-corrected chi connectivity index (χ2v) is 8.29. The van der Waals surface area contributed by atoms with Crippen molar-refractivity contribution in [3.05, 3.63) is 63.1 Å². The molecule has 0 aromatic heterocycles. The third-order valence-corrected chi connectivity index (χ3v) is 5.98. The molecule has 30 heavy (non-hydrogen) atoms. The van der Waals surface area contributed by atoms with Crippen molar-refractivity contribution in [3.63, 3.8) is 0 Å². The molecule has 0 saturated heterocycles. The topological polar surface area (TPSA) is 58.6 Å². The van der Waals surface area contributed by atoms with E-state index in [1.807, 2.05) is 51.1 Å². The molecule has 0 heterocycles. The average molecular weight is 496 g/mol. The molecule has 0 aliphatic carbocycles. The van der Waals surface area contributed by atoms with Crippen LogP contribution in [0.25, 0.3) is 0 Å². The van der Waals surface area contributed by atoms with Gasteiger partial charge in [-0.3, -0.25) is 9.59 Å². The van der Waals surface area contributed by atoms with E-state index in [-0.39, 0.29) is 25.0 Å². The Labute approximate surface area is 191 Å². The Hall–Kier alpha value is -2.05. The van der Waals surface area contributed by atoms with E-state index in [1.54, 1.807) is 17.0 Å². The smallest absolute Gasteiger partial charge is 0.261 e. The first-order valence-corrected chi connectivity index (χ1v) is 11.2. The number of carbonyl (C=O) groups excluding carboxylic acids is 2. The number of halogens is 2. The Balaban J connectivity index is 2.21. The van der Waals surface area contributed by atoms with Crippen LogP contribution in [0.4, 0.5) is 0 Å². The summed E-state index contributed by atoms with van der Waals surface area (Å²) in [5.41, 5.74) is 1.80. The second-order valence-electron chi connectivity index (χ2n) is 7.03. The highest BCUT2D eigenvalue weighted by atomic mass is 79.9. The first-order valence-electron chi connectivity index (χ1n) is 10.1. The summed E-state index contributed by atoms with van der Waals surface area (Å²) in [4.78, 5) is 27.4. The highest BCUT2D eigenvalue weighted by molar-refractivity contribution is 9.10. The number of nitrogens with zero attached hydrogens (tertiary/aromatic N) is 1. The first kappa shape index (κ1) is 24.2. The summed E-state index contributed by atoms with van der Waals surface area (Å²) in [7, 11) is 0. The van der Waals surface area contributed by atoms with Crippen LogP contribution in [-0.2, 0) is 16.1 Å². The van der Waals surface area contributed by atoms with Gasteiger partial charge in [-0.05, 0) is 55.2 Å². The van der Waals surface area contributed by atoms with Gasteiger partial charge in [0.1, 0.15) is 11.8 Å². The van der Waals surface area contributed by atoms with Gasteiger partial charge in [0.25, 0.3) is 5.91 Å². The molecule has 0 aliphatic rings. The highest BCUT2D eigenvalue weighted by Crippen LogP contribution is 2.23. The maximum Gasteiger partial charge on any atom is 0.261 e. The van der Waals surface area contributed by atoms with Gasteiger partial charge < -0.3 is 15.0 Å². The fourth-order valence-electron chi connectivity index (χ4n) is 3.03. The van der Waals surface area contributed by atoms with E-state index in [4.69, 9.17) is 16.3 Å². The molecule has 7 heteroatoms. The zero-order chi connectivity index (χ0) is 22.1. The average Bonchev–Trinajstić information content (AvgIpc) is 2.74. The predicted octanol–water partition coefficient (Wildman–Crippen LogP) is 5.12. The first-order chi connectivity index (χ1) is 14.4. The number of amides is 2. The Kier molecular flexibility index (Phi) is 9.66. The highest BCUT2D eigenvalue weighted by Gasteiger charge is 2.29.